The van der Waals surface area contributed by atoms with Gasteiger partial charge in [-0.1, -0.05) is 24.3 Å². The van der Waals surface area contributed by atoms with E-state index in [4.69, 9.17) is 4.74 Å². The van der Waals surface area contributed by atoms with Crippen LogP contribution in [0.5, 0.6) is 5.75 Å². The summed E-state index contributed by atoms with van der Waals surface area (Å²) in [4.78, 5) is 12.3. The van der Waals surface area contributed by atoms with Crippen LogP contribution in [0.25, 0.3) is 0 Å². The minimum Gasteiger partial charge on any atom is -0.488 e. The fraction of sp³-hybridized carbons (Fsp3) is 0.200. The smallest absolute Gasteiger partial charge is 0.251 e. The summed E-state index contributed by atoms with van der Waals surface area (Å²) in [5, 5.41) is 7.10. The molecule has 0 bridgehead atoms. The number of hydrogen-bond donors (Lipinski definition) is 1. The van der Waals surface area contributed by atoms with E-state index in [0.717, 1.165) is 27.0 Å². The van der Waals surface area contributed by atoms with Crippen molar-refractivity contribution >= 4 is 21.8 Å². The number of hydrogen-bond acceptors (Lipinski definition) is 3. The van der Waals surface area contributed by atoms with E-state index in [9.17, 15) is 4.79 Å². The molecule has 0 spiro atoms. The van der Waals surface area contributed by atoms with Gasteiger partial charge in [-0.3, -0.25) is 9.48 Å². The quantitative estimate of drug-likeness (QED) is 0.664. The topological polar surface area (TPSA) is 56.1 Å². The van der Waals surface area contributed by atoms with Gasteiger partial charge in [0.15, 0.2) is 0 Å². The number of carbonyl (C=O) groups excluding carboxylic acids is 1. The first-order chi connectivity index (χ1) is 12.5. The molecule has 3 rings (SSSR count). The molecule has 0 radical (unpaired) electrons. The molecule has 1 heterocycles. The van der Waals surface area contributed by atoms with Crippen molar-refractivity contribution in [3.63, 3.8) is 0 Å². The van der Waals surface area contributed by atoms with E-state index in [1.807, 2.05) is 62.5 Å². The lowest BCUT2D eigenvalue weighted by Gasteiger charge is -2.09. The normalized spacial score (nSPS) is 10.6. The minimum atomic E-state index is -0.105. The van der Waals surface area contributed by atoms with Crippen LogP contribution in [0.15, 0.2) is 59.2 Å². The summed E-state index contributed by atoms with van der Waals surface area (Å²) >= 11 is 3.46. The zero-order valence-electron chi connectivity index (χ0n) is 14.7. The first-order valence-corrected chi connectivity index (χ1v) is 9.06. The summed E-state index contributed by atoms with van der Waals surface area (Å²) in [5.41, 5.74) is 3.68. The maximum absolute atomic E-state index is 12.3. The van der Waals surface area contributed by atoms with Crippen LogP contribution in [0, 0.1) is 6.92 Å². The van der Waals surface area contributed by atoms with Gasteiger partial charge in [-0.05, 0) is 52.7 Å². The molecule has 134 valence electrons. The summed E-state index contributed by atoms with van der Waals surface area (Å²) in [6.45, 7) is 2.89. The number of nitrogens with one attached hydrogen (secondary N) is 1. The van der Waals surface area contributed by atoms with Gasteiger partial charge in [-0.2, -0.15) is 5.10 Å². The highest BCUT2D eigenvalue weighted by molar-refractivity contribution is 9.10. The second kappa shape index (κ2) is 8.19. The van der Waals surface area contributed by atoms with E-state index in [1.165, 1.54) is 0 Å². The Morgan fingerprint density at radius 1 is 1.19 bits per heavy atom. The molecule has 0 saturated carbocycles. The first kappa shape index (κ1) is 18.2. The van der Waals surface area contributed by atoms with Crippen LogP contribution in [-0.2, 0) is 20.2 Å². The van der Waals surface area contributed by atoms with Crippen molar-refractivity contribution < 1.29 is 9.53 Å². The number of ether oxygens (including phenoxy) is 1. The molecule has 0 aliphatic heterocycles. The van der Waals surface area contributed by atoms with Crippen LogP contribution in [0.4, 0.5) is 0 Å². The number of halogens is 1. The molecule has 26 heavy (non-hydrogen) atoms. The van der Waals surface area contributed by atoms with Crippen molar-refractivity contribution in [2.45, 2.75) is 20.1 Å². The summed E-state index contributed by atoms with van der Waals surface area (Å²) in [7, 11) is 1.88. The largest absolute Gasteiger partial charge is 0.488 e. The number of rotatable bonds is 6. The maximum atomic E-state index is 12.3. The van der Waals surface area contributed by atoms with Crippen molar-refractivity contribution in [1.29, 1.82) is 0 Å². The van der Waals surface area contributed by atoms with E-state index < -0.39 is 0 Å². The van der Waals surface area contributed by atoms with Gasteiger partial charge in [0.2, 0.25) is 0 Å². The van der Waals surface area contributed by atoms with Gasteiger partial charge in [-0.25, -0.2) is 0 Å². The Labute approximate surface area is 161 Å². The summed E-state index contributed by atoms with van der Waals surface area (Å²) in [6, 6.07) is 15.1. The van der Waals surface area contributed by atoms with Gasteiger partial charge in [0, 0.05) is 30.4 Å². The molecule has 0 aliphatic rings. The molecule has 1 amide bonds. The maximum Gasteiger partial charge on any atom is 0.251 e. The monoisotopic (exact) mass is 413 g/mol. The lowest BCUT2D eigenvalue weighted by atomic mass is 10.1. The third-order valence-corrected chi connectivity index (χ3v) is 4.88. The molecule has 0 saturated heterocycles. The predicted octanol–water partition coefficient (Wildman–Crippen LogP) is 4.00. The van der Waals surface area contributed by atoms with Gasteiger partial charge < -0.3 is 10.1 Å². The van der Waals surface area contributed by atoms with E-state index >= 15 is 0 Å². The summed E-state index contributed by atoms with van der Waals surface area (Å²) in [6.07, 6.45) is 1.78. The highest BCUT2D eigenvalue weighted by Crippen LogP contribution is 2.24. The number of amides is 1. The van der Waals surface area contributed by atoms with Gasteiger partial charge in [-0.15, -0.1) is 0 Å². The Hall–Kier alpha value is -2.60. The van der Waals surface area contributed by atoms with Crippen LogP contribution in [0.2, 0.25) is 0 Å². The van der Waals surface area contributed by atoms with E-state index in [1.54, 1.807) is 10.9 Å². The molecule has 1 aromatic heterocycles. The highest BCUT2D eigenvalue weighted by Gasteiger charge is 2.08. The van der Waals surface area contributed by atoms with Crippen LogP contribution >= 0.6 is 15.9 Å². The van der Waals surface area contributed by atoms with E-state index in [0.29, 0.717) is 18.7 Å². The third kappa shape index (κ3) is 4.32. The Morgan fingerprint density at radius 2 is 1.92 bits per heavy atom. The standard InChI is InChI=1S/C20H20BrN3O2/c1-14-17(12-23-24(14)2)11-22-20(25)16-9-7-15(8-10-16)13-26-19-6-4-3-5-18(19)21/h3-10,12H,11,13H2,1-2H3,(H,22,25). The molecule has 0 fully saturated rings. The Morgan fingerprint density at radius 3 is 2.58 bits per heavy atom. The number of nitrogens with zero attached hydrogens (tertiary/aromatic N) is 2. The number of carbonyl (C=O) groups is 1. The minimum absolute atomic E-state index is 0.105. The zero-order valence-corrected chi connectivity index (χ0v) is 16.3. The molecular formula is C20H20BrN3O2. The first-order valence-electron chi connectivity index (χ1n) is 8.26. The Balaban J connectivity index is 1.56. The molecule has 3 aromatic rings. The third-order valence-electron chi connectivity index (χ3n) is 4.22. The lowest BCUT2D eigenvalue weighted by molar-refractivity contribution is 0.0951. The Kier molecular flexibility index (Phi) is 5.73. The van der Waals surface area contributed by atoms with Crippen molar-refractivity contribution in [2.24, 2.45) is 7.05 Å². The molecule has 0 atom stereocenters. The Bertz CT molecular complexity index is 904. The number of aromatic nitrogens is 2. The number of para-hydroxylation sites is 1. The van der Waals surface area contributed by atoms with E-state index in [-0.39, 0.29) is 5.91 Å². The zero-order chi connectivity index (χ0) is 18.5. The molecule has 0 unspecified atom stereocenters. The SMILES string of the molecule is Cc1c(CNC(=O)c2ccc(COc3ccccc3Br)cc2)cnn1C. The molecule has 0 aliphatic carbocycles. The van der Waals surface area contributed by atoms with Crippen LogP contribution in [0.1, 0.15) is 27.2 Å². The molecule has 5 nitrogen and oxygen atoms in total. The molecule has 2 aromatic carbocycles. The van der Waals surface area contributed by atoms with Crippen LogP contribution in [-0.4, -0.2) is 15.7 Å². The highest BCUT2D eigenvalue weighted by atomic mass is 79.9. The average Bonchev–Trinajstić information content (AvgIpc) is 2.98. The van der Waals surface area contributed by atoms with Crippen LogP contribution in [0.3, 0.4) is 0 Å². The van der Waals surface area contributed by atoms with Gasteiger partial charge >= 0.3 is 0 Å². The average molecular weight is 414 g/mol. The van der Waals surface area contributed by atoms with Crippen molar-refractivity contribution in [2.75, 3.05) is 0 Å². The van der Waals surface area contributed by atoms with Crippen LogP contribution < -0.4 is 10.1 Å². The second-order valence-corrected chi connectivity index (χ2v) is 6.83. The van der Waals surface area contributed by atoms with Crippen molar-refractivity contribution in [3.05, 3.63) is 81.6 Å². The van der Waals surface area contributed by atoms with Crippen molar-refractivity contribution in [3.8, 4) is 5.75 Å². The predicted molar refractivity (Wildman–Crippen MR) is 104 cm³/mol. The summed E-state index contributed by atoms with van der Waals surface area (Å²) < 4.78 is 8.50. The van der Waals surface area contributed by atoms with Crippen molar-refractivity contribution in [1.82, 2.24) is 15.1 Å². The van der Waals surface area contributed by atoms with Gasteiger partial charge in [0.25, 0.3) is 5.91 Å². The fourth-order valence-electron chi connectivity index (χ4n) is 2.47. The summed E-state index contributed by atoms with van der Waals surface area (Å²) in [5.74, 6) is 0.688. The number of aryl methyl sites for hydroxylation is 1. The second-order valence-electron chi connectivity index (χ2n) is 5.98. The molecular weight excluding hydrogens is 394 g/mol. The molecule has 1 N–H and O–H groups in total. The fourth-order valence-corrected chi connectivity index (χ4v) is 2.87. The molecule has 6 heteroatoms. The number of benzene rings is 2. The van der Waals surface area contributed by atoms with E-state index in [2.05, 4.69) is 26.3 Å². The van der Waals surface area contributed by atoms with Gasteiger partial charge in [0.1, 0.15) is 12.4 Å². The van der Waals surface area contributed by atoms with Gasteiger partial charge in [0.05, 0.1) is 10.7 Å². The lowest BCUT2D eigenvalue weighted by Crippen LogP contribution is -2.23.